The van der Waals surface area contributed by atoms with Gasteiger partial charge in [-0.1, -0.05) is 29.8 Å². The molecular weight excluding hydrogens is 533 g/mol. The lowest BCUT2D eigenvalue weighted by Crippen LogP contribution is -2.38. The van der Waals surface area contributed by atoms with Gasteiger partial charge in [-0.15, -0.1) is 0 Å². The van der Waals surface area contributed by atoms with E-state index in [9.17, 15) is 26.0 Å². The first-order valence-corrected chi connectivity index (χ1v) is 14.0. The standard InChI is InChI=1S/C25H22FN5O5S2/c1-18-7-11-21(12-8-18)38(35,36)31(23-6-3-2-5-22(23)26)17-24(32)29-19-9-13-20(14-10-19)37(33,34)30-25-27-15-4-16-28-25/h2-16H,17H2,1H3,(H,29,32)(H,27,28,30). The van der Waals surface area contributed by atoms with E-state index in [1.165, 1.54) is 73.1 Å². The molecule has 0 saturated carbocycles. The van der Waals surface area contributed by atoms with Crippen molar-refractivity contribution in [2.45, 2.75) is 16.7 Å². The van der Waals surface area contributed by atoms with E-state index in [-0.39, 0.29) is 27.1 Å². The molecule has 38 heavy (non-hydrogen) atoms. The quantitative estimate of drug-likeness (QED) is 0.322. The molecule has 196 valence electrons. The number of benzene rings is 3. The number of aryl methyl sites for hydroxylation is 1. The van der Waals surface area contributed by atoms with Gasteiger partial charge in [0.2, 0.25) is 11.9 Å². The average Bonchev–Trinajstić information content (AvgIpc) is 2.89. The molecule has 0 fully saturated rings. The summed E-state index contributed by atoms with van der Waals surface area (Å²) in [6, 6.07) is 17.9. The molecule has 10 nitrogen and oxygen atoms in total. The van der Waals surface area contributed by atoms with Gasteiger partial charge in [0.1, 0.15) is 12.4 Å². The molecule has 0 saturated heterocycles. The van der Waals surface area contributed by atoms with Crippen molar-refractivity contribution in [3.05, 3.63) is 103 Å². The Bertz CT molecular complexity index is 1650. The Morgan fingerprint density at radius 1 is 0.842 bits per heavy atom. The fourth-order valence-corrected chi connectivity index (χ4v) is 5.76. The van der Waals surface area contributed by atoms with E-state index < -0.39 is 38.3 Å². The van der Waals surface area contributed by atoms with Gasteiger partial charge in [-0.05, 0) is 61.5 Å². The number of carbonyl (C=O) groups excluding carboxylic acids is 1. The van der Waals surface area contributed by atoms with Gasteiger partial charge in [0.15, 0.2) is 0 Å². The van der Waals surface area contributed by atoms with Crippen LogP contribution in [0.4, 0.5) is 21.7 Å². The van der Waals surface area contributed by atoms with Crippen molar-refractivity contribution in [2.75, 3.05) is 20.9 Å². The number of nitrogens with zero attached hydrogens (tertiary/aromatic N) is 3. The van der Waals surface area contributed by atoms with Crippen LogP contribution in [0.15, 0.2) is 101 Å². The minimum absolute atomic E-state index is 0.104. The number of hydrogen-bond donors (Lipinski definition) is 2. The van der Waals surface area contributed by atoms with Crippen LogP contribution < -0.4 is 14.3 Å². The Kier molecular flexibility index (Phi) is 7.69. The fourth-order valence-electron chi connectivity index (χ4n) is 3.37. The van der Waals surface area contributed by atoms with Gasteiger partial charge < -0.3 is 5.32 Å². The summed E-state index contributed by atoms with van der Waals surface area (Å²) in [5.41, 5.74) is 0.737. The van der Waals surface area contributed by atoms with Gasteiger partial charge in [-0.25, -0.2) is 35.9 Å². The van der Waals surface area contributed by atoms with E-state index in [1.807, 2.05) is 0 Å². The number of amides is 1. The predicted octanol–water partition coefficient (Wildman–Crippen LogP) is 3.56. The molecule has 0 radical (unpaired) electrons. The maximum Gasteiger partial charge on any atom is 0.264 e. The van der Waals surface area contributed by atoms with Crippen molar-refractivity contribution in [2.24, 2.45) is 0 Å². The van der Waals surface area contributed by atoms with Crippen molar-refractivity contribution < 1.29 is 26.0 Å². The topological polar surface area (TPSA) is 138 Å². The van der Waals surface area contributed by atoms with Crippen LogP contribution in [-0.4, -0.2) is 39.3 Å². The molecule has 0 bridgehead atoms. The largest absolute Gasteiger partial charge is 0.325 e. The van der Waals surface area contributed by atoms with Crippen LogP contribution >= 0.6 is 0 Å². The first-order valence-electron chi connectivity index (χ1n) is 11.1. The van der Waals surface area contributed by atoms with E-state index in [4.69, 9.17) is 0 Å². The third-order valence-electron chi connectivity index (χ3n) is 5.26. The highest BCUT2D eigenvalue weighted by molar-refractivity contribution is 7.93. The molecule has 0 atom stereocenters. The molecule has 0 unspecified atom stereocenters. The van der Waals surface area contributed by atoms with Crippen LogP contribution in [0.5, 0.6) is 0 Å². The Labute approximate surface area is 219 Å². The lowest BCUT2D eigenvalue weighted by atomic mass is 10.2. The monoisotopic (exact) mass is 555 g/mol. The normalized spacial score (nSPS) is 11.5. The van der Waals surface area contributed by atoms with Crippen LogP contribution in [0.3, 0.4) is 0 Å². The first-order chi connectivity index (χ1) is 18.1. The summed E-state index contributed by atoms with van der Waals surface area (Å²) in [5.74, 6) is -1.69. The number of sulfonamides is 2. The maximum atomic E-state index is 14.6. The molecule has 1 aromatic heterocycles. The van der Waals surface area contributed by atoms with Crippen molar-refractivity contribution in [1.29, 1.82) is 0 Å². The lowest BCUT2D eigenvalue weighted by molar-refractivity contribution is -0.114. The predicted molar refractivity (Wildman–Crippen MR) is 140 cm³/mol. The Hall–Kier alpha value is -4.36. The number of aromatic nitrogens is 2. The zero-order valence-electron chi connectivity index (χ0n) is 19.9. The molecule has 0 aliphatic rings. The van der Waals surface area contributed by atoms with Crippen LogP contribution in [0.25, 0.3) is 0 Å². The molecule has 0 spiro atoms. The summed E-state index contributed by atoms with van der Waals surface area (Å²) >= 11 is 0. The van der Waals surface area contributed by atoms with Crippen LogP contribution in [0, 0.1) is 12.7 Å². The molecule has 0 aliphatic heterocycles. The second kappa shape index (κ2) is 10.9. The highest BCUT2D eigenvalue weighted by Gasteiger charge is 2.29. The number of halogens is 1. The minimum atomic E-state index is -4.30. The van der Waals surface area contributed by atoms with Crippen molar-refractivity contribution >= 4 is 43.3 Å². The van der Waals surface area contributed by atoms with Gasteiger partial charge in [0, 0.05) is 18.1 Å². The van der Waals surface area contributed by atoms with Gasteiger partial charge in [0.05, 0.1) is 15.5 Å². The van der Waals surface area contributed by atoms with Gasteiger partial charge >= 0.3 is 0 Å². The molecule has 4 rings (SSSR count). The Morgan fingerprint density at radius 3 is 2.08 bits per heavy atom. The van der Waals surface area contributed by atoms with Crippen LogP contribution in [-0.2, 0) is 24.8 Å². The lowest BCUT2D eigenvalue weighted by Gasteiger charge is -2.24. The van der Waals surface area contributed by atoms with E-state index >= 15 is 0 Å². The molecule has 13 heteroatoms. The number of nitrogens with one attached hydrogen (secondary N) is 2. The highest BCUT2D eigenvalue weighted by Crippen LogP contribution is 2.26. The number of rotatable bonds is 9. The Balaban J connectivity index is 1.54. The molecular formula is C25H22FN5O5S2. The number of hydrogen-bond acceptors (Lipinski definition) is 7. The summed E-state index contributed by atoms with van der Waals surface area (Å²) in [5, 5.41) is 2.52. The second-order valence-corrected chi connectivity index (χ2v) is 11.6. The van der Waals surface area contributed by atoms with Crippen molar-refractivity contribution in [3.63, 3.8) is 0 Å². The zero-order valence-corrected chi connectivity index (χ0v) is 21.6. The van der Waals surface area contributed by atoms with Crippen molar-refractivity contribution in [1.82, 2.24) is 9.97 Å². The molecule has 2 N–H and O–H groups in total. The zero-order chi connectivity index (χ0) is 27.3. The molecule has 0 aliphatic carbocycles. The van der Waals surface area contributed by atoms with E-state index in [0.29, 0.717) is 4.31 Å². The minimum Gasteiger partial charge on any atom is -0.325 e. The number of carbonyl (C=O) groups is 1. The summed E-state index contributed by atoms with van der Waals surface area (Å²) in [7, 11) is -8.29. The SMILES string of the molecule is Cc1ccc(S(=O)(=O)N(CC(=O)Nc2ccc(S(=O)(=O)Nc3ncccn3)cc2)c2ccccc2F)cc1. The molecule has 3 aromatic carbocycles. The third kappa shape index (κ3) is 6.12. The smallest absolute Gasteiger partial charge is 0.264 e. The molecule has 1 amide bonds. The summed E-state index contributed by atoms with van der Waals surface area (Å²) < 4.78 is 69.4. The van der Waals surface area contributed by atoms with Crippen molar-refractivity contribution in [3.8, 4) is 0 Å². The summed E-state index contributed by atoms with van der Waals surface area (Å²) in [6.45, 7) is 1.06. The van der Waals surface area contributed by atoms with E-state index in [1.54, 1.807) is 19.1 Å². The summed E-state index contributed by atoms with van der Waals surface area (Å²) in [4.78, 5) is 20.3. The second-order valence-electron chi connectivity index (χ2n) is 8.03. The maximum absolute atomic E-state index is 14.6. The van der Waals surface area contributed by atoms with Gasteiger partial charge in [-0.2, -0.15) is 0 Å². The van der Waals surface area contributed by atoms with Crippen LogP contribution in [0.1, 0.15) is 5.56 Å². The molecule has 4 aromatic rings. The number of para-hydroxylation sites is 1. The molecule has 1 heterocycles. The van der Waals surface area contributed by atoms with E-state index in [2.05, 4.69) is 20.0 Å². The third-order valence-corrected chi connectivity index (χ3v) is 8.38. The highest BCUT2D eigenvalue weighted by atomic mass is 32.2. The summed E-state index contributed by atoms with van der Waals surface area (Å²) in [6.07, 6.45) is 2.76. The van der Waals surface area contributed by atoms with Gasteiger partial charge in [0.25, 0.3) is 20.0 Å². The Morgan fingerprint density at radius 2 is 1.45 bits per heavy atom. The average molecular weight is 556 g/mol. The number of anilines is 3. The van der Waals surface area contributed by atoms with Gasteiger partial charge in [-0.3, -0.25) is 9.10 Å². The first kappa shape index (κ1) is 26.7. The van der Waals surface area contributed by atoms with Crippen LogP contribution in [0.2, 0.25) is 0 Å². The fraction of sp³-hybridized carbons (Fsp3) is 0.0800. The van der Waals surface area contributed by atoms with E-state index in [0.717, 1.165) is 11.6 Å².